The molecular formula is C7H6O4. The molecule has 0 amide bonds. The van der Waals surface area contributed by atoms with E-state index in [1.54, 1.807) is 0 Å². The van der Waals surface area contributed by atoms with Crippen LogP contribution in [-0.2, 0) is 4.79 Å². The van der Waals surface area contributed by atoms with Crippen LogP contribution in [0.2, 0.25) is 0 Å². The number of aldehydes is 1. The number of esters is 1. The predicted molar refractivity (Wildman–Crippen MR) is 35.4 cm³/mol. The fourth-order valence-corrected chi connectivity index (χ4v) is 0.634. The van der Waals surface area contributed by atoms with Crippen molar-refractivity contribution >= 4 is 12.3 Å². The van der Waals surface area contributed by atoms with Crippen LogP contribution in [-0.4, -0.2) is 12.3 Å². The highest BCUT2D eigenvalue weighted by molar-refractivity contribution is 5.78. The van der Waals surface area contributed by atoms with Gasteiger partial charge in [0.15, 0.2) is 12.0 Å². The first-order valence-electron chi connectivity index (χ1n) is 2.95. The van der Waals surface area contributed by atoms with Crippen LogP contribution < -0.4 is 4.74 Å². The van der Waals surface area contributed by atoms with Gasteiger partial charge in [0, 0.05) is 13.0 Å². The average Bonchev–Trinajstić information content (AvgIpc) is 2.34. The minimum absolute atomic E-state index is 0.0280. The Morgan fingerprint density at radius 2 is 2.45 bits per heavy atom. The van der Waals surface area contributed by atoms with Crippen molar-refractivity contribution in [3.8, 4) is 5.75 Å². The molecule has 0 fully saturated rings. The molecule has 0 unspecified atom stereocenters. The molecule has 0 aliphatic carbocycles. The summed E-state index contributed by atoms with van der Waals surface area (Å²) in [5.41, 5.74) is 0. The van der Waals surface area contributed by atoms with Crippen molar-refractivity contribution in [3.05, 3.63) is 18.1 Å². The summed E-state index contributed by atoms with van der Waals surface area (Å²) in [5, 5.41) is 0. The summed E-state index contributed by atoms with van der Waals surface area (Å²) in [4.78, 5) is 20.6. The lowest BCUT2D eigenvalue weighted by Crippen LogP contribution is -2.01. The van der Waals surface area contributed by atoms with Gasteiger partial charge in [-0.15, -0.1) is 0 Å². The van der Waals surface area contributed by atoms with Gasteiger partial charge in [0.1, 0.15) is 0 Å². The molecule has 1 heterocycles. The number of hydrogen-bond acceptors (Lipinski definition) is 4. The maximum Gasteiger partial charge on any atom is 0.308 e. The number of furan rings is 1. The normalized spacial score (nSPS) is 9.18. The molecule has 4 nitrogen and oxygen atoms in total. The molecule has 1 rings (SSSR count). The van der Waals surface area contributed by atoms with E-state index in [9.17, 15) is 9.59 Å². The summed E-state index contributed by atoms with van der Waals surface area (Å²) in [6.07, 6.45) is 1.76. The topological polar surface area (TPSA) is 56.5 Å². The van der Waals surface area contributed by atoms with E-state index < -0.39 is 5.97 Å². The zero-order valence-corrected chi connectivity index (χ0v) is 5.87. The largest absolute Gasteiger partial charge is 0.457 e. The predicted octanol–water partition coefficient (Wildman–Crippen LogP) is 1.02. The summed E-state index contributed by atoms with van der Waals surface area (Å²) >= 11 is 0. The van der Waals surface area contributed by atoms with Crippen molar-refractivity contribution in [1.29, 1.82) is 0 Å². The van der Waals surface area contributed by atoms with Gasteiger partial charge in [0.2, 0.25) is 5.76 Å². The van der Waals surface area contributed by atoms with Gasteiger partial charge in [0.05, 0.1) is 6.26 Å². The third-order valence-electron chi connectivity index (χ3n) is 1.02. The van der Waals surface area contributed by atoms with Gasteiger partial charge in [-0.05, 0) is 0 Å². The second-order valence-corrected chi connectivity index (χ2v) is 1.86. The summed E-state index contributed by atoms with van der Waals surface area (Å²) in [7, 11) is 0. The van der Waals surface area contributed by atoms with E-state index >= 15 is 0 Å². The minimum Gasteiger partial charge on any atom is -0.457 e. The van der Waals surface area contributed by atoms with Crippen molar-refractivity contribution in [1.82, 2.24) is 0 Å². The maximum atomic E-state index is 10.4. The van der Waals surface area contributed by atoms with Gasteiger partial charge in [-0.25, -0.2) is 0 Å². The molecule has 0 spiro atoms. The molecule has 0 saturated carbocycles. The van der Waals surface area contributed by atoms with E-state index in [4.69, 9.17) is 0 Å². The highest BCUT2D eigenvalue weighted by atomic mass is 16.5. The highest BCUT2D eigenvalue weighted by Gasteiger charge is 2.07. The van der Waals surface area contributed by atoms with E-state index in [1.165, 1.54) is 19.3 Å². The Bertz CT molecular complexity index is 274. The molecule has 0 aliphatic rings. The molecule has 0 saturated heterocycles. The highest BCUT2D eigenvalue weighted by Crippen LogP contribution is 2.17. The Balaban J connectivity index is 2.84. The van der Waals surface area contributed by atoms with Gasteiger partial charge in [0.25, 0.3) is 0 Å². The van der Waals surface area contributed by atoms with Crippen LogP contribution in [0.4, 0.5) is 0 Å². The van der Waals surface area contributed by atoms with Gasteiger partial charge in [-0.3, -0.25) is 9.59 Å². The molecule has 0 aliphatic heterocycles. The summed E-state index contributed by atoms with van der Waals surface area (Å²) in [6.45, 7) is 1.25. The van der Waals surface area contributed by atoms with Gasteiger partial charge < -0.3 is 9.15 Å². The number of rotatable bonds is 2. The van der Waals surface area contributed by atoms with Crippen molar-refractivity contribution in [2.45, 2.75) is 6.92 Å². The lowest BCUT2D eigenvalue weighted by atomic mass is 10.4. The third kappa shape index (κ3) is 1.67. The van der Waals surface area contributed by atoms with E-state index in [2.05, 4.69) is 9.15 Å². The number of ether oxygens (including phenoxy) is 1. The molecule has 0 radical (unpaired) electrons. The third-order valence-corrected chi connectivity index (χ3v) is 1.02. The SMILES string of the molecule is CC(=O)Oc1ccoc1C=O. The molecular weight excluding hydrogens is 148 g/mol. The molecule has 0 bridgehead atoms. The molecule has 0 atom stereocenters. The molecule has 4 heteroatoms. The summed E-state index contributed by atoms with van der Waals surface area (Å²) in [6, 6.07) is 1.41. The second-order valence-electron chi connectivity index (χ2n) is 1.86. The van der Waals surface area contributed by atoms with Crippen molar-refractivity contribution < 1.29 is 18.7 Å². The summed E-state index contributed by atoms with van der Waals surface area (Å²) < 4.78 is 9.28. The quantitative estimate of drug-likeness (QED) is 0.471. The Kier molecular flexibility index (Phi) is 2.06. The first-order chi connectivity index (χ1) is 5.24. The van der Waals surface area contributed by atoms with Gasteiger partial charge in [-0.2, -0.15) is 0 Å². The number of hydrogen-bond donors (Lipinski definition) is 0. The number of carbonyl (C=O) groups excluding carboxylic acids is 2. The van der Waals surface area contributed by atoms with Crippen molar-refractivity contribution in [2.24, 2.45) is 0 Å². The van der Waals surface area contributed by atoms with Gasteiger partial charge in [-0.1, -0.05) is 0 Å². The molecule has 1 aromatic heterocycles. The Morgan fingerprint density at radius 3 is 3.00 bits per heavy atom. The fourth-order valence-electron chi connectivity index (χ4n) is 0.634. The average molecular weight is 154 g/mol. The fraction of sp³-hybridized carbons (Fsp3) is 0.143. The number of carbonyl (C=O) groups is 2. The minimum atomic E-state index is -0.477. The maximum absolute atomic E-state index is 10.4. The standard InChI is InChI=1S/C7H6O4/c1-5(9)11-6-2-3-10-7(6)4-8/h2-4H,1H3. The van der Waals surface area contributed by atoms with Crippen molar-refractivity contribution in [2.75, 3.05) is 0 Å². The van der Waals surface area contributed by atoms with E-state index in [1.807, 2.05) is 0 Å². The Morgan fingerprint density at radius 1 is 1.73 bits per heavy atom. The smallest absolute Gasteiger partial charge is 0.308 e. The zero-order chi connectivity index (χ0) is 8.27. The first kappa shape index (κ1) is 7.53. The molecule has 58 valence electrons. The monoisotopic (exact) mass is 154 g/mol. The van der Waals surface area contributed by atoms with Crippen LogP contribution in [0, 0.1) is 0 Å². The van der Waals surface area contributed by atoms with Crippen LogP contribution in [0.15, 0.2) is 16.7 Å². The van der Waals surface area contributed by atoms with Crippen LogP contribution in [0.3, 0.4) is 0 Å². The lowest BCUT2D eigenvalue weighted by Gasteiger charge is -1.94. The zero-order valence-electron chi connectivity index (χ0n) is 5.87. The first-order valence-corrected chi connectivity index (χ1v) is 2.95. The van der Waals surface area contributed by atoms with Crippen molar-refractivity contribution in [3.63, 3.8) is 0 Å². The Labute approximate surface area is 62.8 Å². The van der Waals surface area contributed by atoms with Crippen LogP contribution in [0.5, 0.6) is 5.75 Å². The van der Waals surface area contributed by atoms with Crippen LogP contribution in [0.1, 0.15) is 17.5 Å². The summed E-state index contributed by atoms with van der Waals surface area (Å²) in [5.74, 6) is -0.290. The molecule has 0 N–H and O–H groups in total. The van der Waals surface area contributed by atoms with Crippen LogP contribution in [0.25, 0.3) is 0 Å². The van der Waals surface area contributed by atoms with E-state index in [0.717, 1.165) is 0 Å². The van der Waals surface area contributed by atoms with Gasteiger partial charge >= 0.3 is 5.97 Å². The van der Waals surface area contributed by atoms with Crippen LogP contribution >= 0.6 is 0 Å². The van der Waals surface area contributed by atoms with E-state index in [-0.39, 0.29) is 11.5 Å². The Hall–Kier alpha value is -1.58. The molecule has 1 aromatic rings. The van der Waals surface area contributed by atoms with E-state index in [0.29, 0.717) is 6.29 Å². The molecule has 0 aromatic carbocycles. The lowest BCUT2D eigenvalue weighted by molar-refractivity contribution is -0.131. The second kappa shape index (κ2) is 3.01. The molecule has 11 heavy (non-hydrogen) atoms.